The Morgan fingerprint density at radius 2 is 1.23 bits per heavy atom. The number of alkyl halides is 6. The van der Waals surface area contributed by atoms with Crippen LogP contribution in [0.5, 0.6) is 11.5 Å². The van der Waals surface area contributed by atoms with E-state index in [2.05, 4.69) is 8.37 Å². The van der Waals surface area contributed by atoms with Crippen molar-refractivity contribution < 1.29 is 56.3 Å². The molecular weight excluding hydrogens is 470 g/mol. The van der Waals surface area contributed by atoms with Crippen LogP contribution in [-0.2, 0) is 20.2 Å². The van der Waals surface area contributed by atoms with Crippen LogP contribution in [-0.4, -0.2) is 33.6 Å². The van der Waals surface area contributed by atoms with E-state index in [0.717, 1.165) is 12.1 Å². The average molecular weight is 478 g/mol. The fourth-order valence-corrected chi connectivity index (χ4v) is 2.82. The number of hydrogen-bond acceptors (Lipinski definition) is 7. The first-order chi connectivity index (χ1) is 13.6. The van der Waals surface area contributed by atoms with Crippen molar-refractivity contribution >= 4 is 26.0 Å². The molecule has 0 aliphatic carbocycles. The molecule has 0 saturated carbocycles. The molecule has 0 aromatic heterocycles. The minimum atomic E-state index is -6.25. The van der Waals surface area contributed by atoms with Crippen LogP contribution in [0.2, 0.25) is 0 Å². The number of rotatable bonds is 6. The zero-order chi connectivity index (χ0) is 23.0. The quantitative estimate of drug-likeness (QED) is 0.271. The van der Waals surface area contributed by atoms with Crippen LogP contribution in [0.15, 0.2) is 48.5 Å². The van der Waals surface area contributed by atoms with E-state index in [9.17, 15) is 48.0 Å². The van der Waals surface area contributed by atoms with Crippen molar-refractivity contribution in [2.24, 2.45) is 0 Å². The maximum absolute atomic E-state index is 12.6. The SMILES string of the molecule is O=C(c1ccccc1)c1cc(OS(=O)(=O)C(F)(F)F)ccc1OS(=O)(=O)C(F)(F)F. The number of ketones is 1. The van der Waals surface area contributed by atoms with Gasteiger partial charge in [0.25, 0.3) is 0 Å². The second-order valence-corrected chi connectivity index (χ2v) is 8.40. The second-order valence-electron chi connectivity index (χ2n) is 5.32. The van der Waals surface area contributed by atoms with Crippen LogP contribution in [0.1, 0.15) is 15.9 Å². The fourth-order valence-electron chi connectivity index (χ4n) is 1.90. The number of halogens is 6. The van der Waals surface area contributed by atoms with Gasteiger partial charge in [-0.25, -0.2) is 0 Å². The van der Waals surface area contributed by atoms with Gasteiger partial charge in [-0.2, -0.15) is 43.2 Å². The van der Waals surface area contributed by atoms with Crippen LogP contribution < -0.4 is 8.37 Å². The Hall–Kier alpha value is -2.81. The fraction of sp³-hybridized carbons (Fsp3) is 0.133. The maximum atomic E-state index is 12.6. The molecule has 0 fully saturated rings. The summed E-state index contributed by atoms with van der Waals surface area (Å²) < 4.78 is 128. The van der Waals surface area contributed by atoms with Crippen LogP contribution in [0, 0.1) is 0 Å². The topological polar surface area (TPSA) is 104 Å². The third-order valence-corrected chi connectivity index (χ3v) is 5.15. The van der Waals surface area contributed by atoms with Crippen LogP contribution in [0.3, 0.4) is 0 Å². The Balaban J connectivity index is 2.59. The molecule has 0 radical (unpaired) electrons. The van der Waals surface area contributed by atoms with Crippen molar-refractivity contribution in [1.82, 2.24) is 0 Å². The molecule has 0 aliphatic rings. The molecule has 30 heavy (non-hydrogen) atoms. The van der Waals surface area contributed by atoms with Gasteiger partial charge in [0.15, 0.2) is 11.5 Å². The monoisotopic (exact) mass is 478 g/mol. The summed E-state index contributed by atoms with van der Waals surface area (Å²) in [4.78, 5) is 12.5. The van der Waals surface area contributed by atoms with Gasteiger partial charge in [-0.15, -0.1) is 0 Å². The highest BCUT2D eigenvalue weighted by Gasteiger charge is 2.50. The van der Waals surface area contributed by atoms with Gasteiger partial charge in [0.05, 0.1) is 5.56 Å². The van der Waals surface area contributed by atoms with Crippen molar-refractivity contribution in [2.45, 2.75) is 11.0 Å². The van der Waals surface area contributed by atoms with Gasteiger partial charge in [-0.1, -0.05) is 30.3 Å². The molecule has 2 aromatic rings. The molecule has 0 spiro atoms. The standard InChI is InChI=1S/C15H8F6O7S2/c16-14(17,18)29(23,24)27-10-6-7-12(28-30(25,26)15(19,20)21)11(8-10)13(22)9-4-2-1-3-5-9/h1-8H. The summed E-state index contributed by atoms with van der Waals surface area (Å²) in [5.41, 5.74) is -12.9. The molecule has 0 saturated heterocycles. The summed E-state index contributed by atoms with van der Waals surface area (Å²) in [5, 5.41) is 0. The van der Waals surface area contributed by atoms with Gasteiger partial charge >= 0.3 is 31.3 Å². The molecule has 0 N–H and O–H groups in total. The van der Waals surface area contributed by atoms with Gasteiger partial charge in [-0.05, 0) is 18.2 Å². The predicted octanol–water partition coefficient (Wildman–Crippen LogP) is 3.37. The van der Waals surface area contributed by atoms with E-state index >= 15 is 0 Å². The second kappa shape index (κ2) is 7.79. The lowest BCUT2D eigenvalue weighted by Crippen LogP contribution is -2.29. The number of carbonyl (C=O) groups excluding carboxylic acids is 1. The van der Waals surface area contributed by atoms with E-state index in [1.807, 2.05) is 0 Å². The first-order valence-corrected chi connectivity index (χ1v) is 10.1. The Labute approximate surface area is 165 Å². The molecule has 0 unspecified atom stereocenters. The lowest BCUT2D eigenvalue weighted by Gasteiger charge is -2.14. The summed E-state index contributed by atoms with van der Waals surface area (Å²) in [6, 6.07) is 7.46. The number of benzene rings is 2. The van der Waals surface area contributed by atoms with Crippen LogP contribution in [0.4, 0.5) is 26.3 Å². The van der Waals surface area contributed by atoms with E-state index in [-0.39, 0.29) is 5.56 Å². The molecule has 164 valence electrons. The lowest BCUT2D eigenvalue weighted by molar-refractivity contribution is -0.0506. The molecular formula is C15H8F6O7S2. The normalized spacial score (nSPS) is 13.0. The van der Waals surface area contributed by atoms with Crippen LogP contribution in [0.25, 0.3) is 0 Å². The van der Waals surface area contributed by atoms with Gasteiger partial charge in [0, 0.05) is 5.56 Å². The molecule has 0 amide bonds. The highest BCUT2D eigenvalue weighted by Crippen LogP contribution is 2.34. The van der Waals surface area contributed by atoms with E-state index in [0.29, 0.717) is 18.2 Å². The average Bonchev–Trinajstić information content (AvgIpc) is 2.60. The van der Waals surface area contributed by atoms with Crippen molar-refractivity contribution in [3.05, 3.63) is 59.7 Å². The molecule has 15 heteroatoms. The lowest BCUT2D eigenvalue weighted by atomic mass is 10.0. The molecule has 2 aromatic carbocycles. The van der Waals surface area contributed by atoms with Gasteiger partial charge < -0.3 is 8.37 Å². The van der Waals surface area contributed by atoms with E-state index in [1.54, 1.807) is 0 Å². The largest absolute Gasteiger partial charge is 0.534 e. The zero-order valence-electron chi connectivity index (χ0n) is 14.1. The van der Waals surface area contributed by atoms with Gasteiger partial charge in [-0.3, -0.25) is 4.79 Å². The first-order valence-electron chi connectivity index (χ1n) is 7.30. The summed E-state index contributed by atoms with van der Waals surface area (Å²) >= 11 is 0. The van der Waals surface area contributed by atoms with Gasteiger partial charge in [0.2, 0.25) is 0 Å². The van der Waals surface area contributed by atoms with Crippen molar-refractivity contribution in [1.29, 1.82) is 0 Å². The predicted molar refractivity (Wildman–Crippen MR) is 87.5 cm³/mol. The minimum absolute atomic E-state index is 0.220. The molecule has 0 atom stereocenters. The zero-order valence-corrected chi connectivity index (χ0v) is 15.7. The summed E-state index contributed by atoms with van der Waals surface area (Å²) in [6.45, 7) is 0. The Morgan fingerprint density at radius 3 is 1.73 bits per heavy atom. The smallest absolute Gasteiger partial charge is 0.376 e. The third-order valence-electron chi connectivity index (χ3n) is 3.20. The molecule has 0 heterocycles. The van der Waals surface area contributed by atoms with E-state index in [4.69, 9.17) is 0 Å². The summed E-state index contributed by atoms with van der Waals surface area (Å²) in [5.74, 6) is -3.51. The summed E-state index contributed by atoms with van der Waals surface area (Å²) in [6.07, 6.45) is 0. The third kappa shape index (κ3) is 5.02. The van der Waals surface area contributed by atoms with E-state index < -0.39 is 54.1 Å². The van der Waals surface area contributed by atoms with Crippen molar-refractivity contribution in [2.75, 3.05) is 0 Å². The number of hydrogen-bond donors (Lipinski definition) is 0. The highest BCUT2D eigenvalue weighted by molar-refractivity contribution is 7.88. The summed E-state index contributed by atoms with van der Waals surface area (Å²) in [7, 11) is -12.4. The maximum Gasteiger partial charge on any atom is 0.534 e. The molecule has 0 bridgehead atoms. The van der Waals surface area contributed by atoms with Crippen molar-refractivity contribution in [3.8, 4) is 11.5 Å². The Bertz CT molecular complexity index is 1150. The van der Waals surface area contributed by atoms with Crippen LogP contribution >= 0.6 is 0 Å². The highest BCUT2D eigenvalue weighted by atomic mass is 32.2. The molecule has 7 nitrogen and oxygen atoms in total. The van der Waals surface area contributed by atoms with E-state index in [1.165, 1.54) is 18.2 Å². The van der Waals surface area contributed by atoms with Crippen molar-refractivity contribution in [3.63, 3.8) is 0 Å². The first kappa shape index (κ1) is 23.5. The Kier molecular flexibility index (Phi) is 6.09. The minimum Gasteiger partial charge on any atom is -0.376 e. The molecule has 0 aliphatic heterocycles. The molecule has 2 rings (SSSR count). The number of carbonyl (C=O) groups is 1. The Morgan fingerprint density at radius 1 is 0.733 bits per heavy atom. The van der Waals surface area contributed by atoms with Gasteiger partial charge in [0.1, 0.15) is 5.75 Å².